The molecule has 0 saturated heterocycles. The maximum atomic E-state index is 12.8. The zero-order valence-corrected chi connectivity index (χ0v) is 14.4. The van der Waals surface area contributed by atoms with Crippen LogP contribution in [0.5, 0.6) is 5.75 Å². The molecular formula is C21H16N2O3. The standard InChI is InChI=1S/C21H16N2O3/c1-11-8-12(2)16-15(9-11)25-21(24)18-17(13-6-4-3-5-7-13)14(10-22)20(23)26-19(16)18/h3-9,17H,23H2,1-2H3. The van der Waals surface area contributed by atoms with Gasteiger partial charge in [-0.15, -0.1) is 0 Å². The van der Waals surface area contributed by atoms with Gasteiger partial charge in [0.05, 0.1) is 16.9 Å². The molecule has 4 rings (SSSR count). The molecular weight excluding hydrogens is 328 g/mol. The summed E-state index contributed by atoms with van der Waals surface area (Å²) in [6, 6.07) is 15.2. The van der Waals surface area contributed by atoms with Gasteiger partial charge >= 0.3 is 5.63 Å². The second-order valence-corrected chi connectivity index (χ2v) is 6.42. The van der Waals surface area contributed by atoms with Crippen molar-refractivity contribution in [3.63, 3.8) is 0 Å². The molecule has 0 fully saturated rings. The van der Waals surface area contributed by atoms with Gasteiger partial charge < -0.3 is 14.9 Å². The molecule has 1 aliphatic rings. The van der Waals surface area contributed by atoms with E-state index < -0.39 is 11.5 Å². The number of hydrogen-bond acceptors (Lipinski definition) is 5. The van der Waals surface area contributed by atoms with Gasteiger partial charge in [-0.05, 0) is 36.6 Å². The lowest BCUT2D eigenvalue weighted by Gasteiger charge is -2.26. The van der Waals surface area contributed by atoms with Crippen LogP contribution in [0.1, 0.15) is 28.2 Å². The Morgan fingerprint density at radius 3 is 2.58 bits per heavy atom. The third kappa shape index (κ3) is 2.27. The first-order chi connectivity index (χ1) is 12.5. The van der Waals surface area contributed by atoms with Crippen molar-refractivity contribution in [2.24, 2.45) is 5.73 Å². The Hall–Kier alpha value is -3.52. The van der Waals surface area contributed by atoms with E-state index >= 15 is 0 Å². The van der Waals surface area contributed by atoms with Crippen molar-refractivity contribution in [2.75, 3.05) is 0 Å². The molecule has 0 aliphatic carbocycles. The molecule has 2 N–H and O–H groups in total. The highest BCUT2D eigenvalue weighted by Crippen LogP contribution is 2.44. The van der Waals surface area contributed by atoms with Gasteiger partial charge in [-0.1, -0.05) is 36.4 Å². The number of aryl methyl sites for hydroxylation is 2. The molecule has 128 valence electrons. The van der Waals surface area contributed by atoms with Gasteiger partial charge in [-0.25, -0.2) is 4.79 Å². The molecule has 0 saturated carbocycles. The van der Waals surface area contributed by atoms with Crippen molar-refractivity contribution in [3.8, 4) is 11.8 Å². The van der Waals surface area contributed by atoms with Gasteiger partial charge in [-0.2, -0.15) is 5.26 Å². The Morgan fingerprint density at radius 1 is 1.15 bits per heavy atom. The van der Waals surface area contributed by atoms with E-state index in [1.807, 2.05) is 50.2 Å². The van der Waals surface area contributed by atoms with Crippen molar-refractivity contribution in [1.29, 1.82) is 5.26 Å². The van der Waals surface area contributed by atoms with Gasteiger partial charge in [0.25, 0.3) is 0 Å². The summed E-state index contributed by atoms with van der Waals surface area (Å²) in [5.74, 6) is -0.230. The average molecular weight is 344 g/mol. The Balaban J connectivity index is 2.13. The van der Waals surface area contributed by atoms with E-state index in [9.17, 15) is 10.1 Å². The predicted molar refractivity (Wildman–Crippen MR) is 97.7 cm³/mol. The molecule has 0 spiro atoms. The van der Waals surface area contributed by atoms with E-state index in [1.165, 1.54) is 0 Å². The first-order valence-corrected chi connectivity index (χ1v) is 8.21. The minimum Gasteiger partial charge on any atom is -0.439 e. The van der Waals surface area contributed by atoms with Crippen molar-refractivity contribution in [1.82, 2.24) is 0 Å². The highest BCUT2D eigenvalue weighted by atomic mass is 16.5. The SMILES string of the molecule is Cc1cc(C)c2c3c(c(=O)oc2c1)C(c1ccccc1)C(C#N)=C(N)O3. The van der Waals surface area contributed by atoms with Crippen LogP contribution >= 0.6 is 0 Å². The fourth-order valence-corrected chi connectivity index (χ4v) is 3.59. The molecule has 1 aliphatic heterocycles. The summed E-state index contributed by atoms with van der Waals surface area (Å²) in [7, 11) is 0. The van der Waals surface area contributed by atoms with Crippen LogP contribution in [0.15, 0.2) is 63.1 Å². The van der Waals surface area contributed by atoms with Gasteiger partial charge in [0, 0.05) is 0 Å². The number of nitrogens with zero attached hydrogens (tertiary/aromatic N) is 1. The van der Waals surface area contributed by atoms with Crippen molar-refractivity contribution in [3.05, 3.63) is 86.6 Å². The smallest absolute Gasteiger partial charge is 0.344 e. The number of allylic oxidation sites excluding steroid dienone is 1. The van der Waals surface area contributed by atoms with Crippen molar-refractivity contribution < 1.29 is 9.15 Å². The Morgan fingerprint density at radius 2 is 1.88 bits per heavy atom. The van der Waals surface area contributed by atoms with E-state index in [0.29, 0.717) is 22.3 Å². The lowest BCUT2D eigenvalue weighted by Crippen LogP contribution is -2.26. The van der Waals surface area contributed by atoms with E-state index in [-0.39, 0.29) is 11.5 Å². The topological polar surface area (TPSA) is 89.2 Å². The molecule has 0 amide bonds. The molecule has 0 bridgehead atoms. The fourth-order valence-electron chi connectivity index (χ4n) is 3.59. The van der Waals surface area contributed by atoms with Gasteiger partial charge in [0.15, 0.2) is 5.75 Å². The summed E-state index contributed by atoms with van der Waals surface area (Å²) >= 11 is 0. The maximum Gasteiger partial charge on any atom is 0.344 e. The average Bonchev–Trinajstić information content (AvgIpc) is 2.60. The summed E-state index contributed by atoms with van der Waals surface area (Å²) in [6.45, 7) is 3.86. The summed E-state index contributed by atoms with van der Waals surface area (Å²) in [5.41, 5.74) is 9.18. The lowest BCUT2D eigenvalue weighted by atomic mass is 9.83. The van der Waals surface area contributed by atoms with Crippen LogP contribution in [0.4, 0.5) is 0 Å². The van der Waals surface area contributed by atoms with Crippen molar-refractivity contribution in [2.45, 2.75) is 19.8 Å². The predicted octanol–water partition coefficient (Wildman–Crippen LogP) is 3.63. The monoisotopic (exact) mass is 344 g/mol. The largest absolute Gasteiger partial charge is 0.439 e. The molecule has 3 aromatic rings. The van der Waals surface area contributed by atoms with Gasteiger partial charge in [-0.3, -0.25) is 0 Å². The molecule has 1 atom stereocenters. The first kappa shape index (κ1) is 16.0. The highest BCUT2D eigenvalue weighted by molar-refractivity contribution is 5.89. The summed E-state index contributed by atoms with van der Waals surface area (Å²) in [6.07, 6.45) is 0. The van der Waals surface area contributed by atoms with E-state index in [2.05, 4.69) is 6.07 Å². The summed E-state index contributed by atoms with van der Waals surface area (Å²) in [5, 5.41) is 10.3. The number of benzene rings is 2. The second kappa shape index (κ2) is 5.78. The molecule has 26 heavy (non-hydrogen) atoms. The zero-order chi connectivity index (χ0) is 18.4. The normalized spacial score (nSPS) is 16.1. The molecule has 0 radical (unpaired) electrons. The van der Waals surface area contributed by atoms with Crippen LogP contribution in [-0.4, -0.2) is 0 Å². The van der Waals surface area contributed by atoms with Crippen LogP contribution < -0.4 is 16.1 Å². The van der Waals surface area contributed by atoms with E-state index in [0.717, 1.165) is 16.7 Å². The molecule has 2 aromatic carbocycles. The molecule has 1 aromatic heterocycles. The Bertz CT molecular complexity index is 1170. The third-order valence-corrected chi connectivity index (χ3v) is 4.65. The number of nitriles is 1. The molecule has 2 heterocycles. The van der Waals surface area contributed by atoms with Gasteiger partial charge in [0.1, 0.15) is 17.2 Å². The Labute approximate surface area is 149 Å². The summed E-state index contributed by atoms with van der Waals surface area (Å²) in [4.78, 5) is 12.8. The minimum absolute atomic E-state index is 0.0146. The Kier molecular flexibility index (Phi) is 3.55. The van der Waals surface area contributed by atoms with Crippen LogP contribution in [0, 0.1) is 25.2 Å². The second-order valence-electron chi connectivity index (χ2n) is 6.42. The van der Waals surface area contributed by atoms with E-state index in [4.69, 9.17) is 14.9 Å². The summed E-state index contributed by atoms with van der Waals surface area (Å²) < 4.78 is 11.4. The third-order valence-electron chi connectivity index (χ3n) is 4.65. The minimum atomic E-state index is -0.619. The molecule has 5 heteroatoms. The first-order valence-electron chi connectivity index (χ1n) is 8.21. The van der Waals surface area contributed by atoms with Crippen molar-refractivity contribution >= 4 is 11.0 Å². The fraction of sp³-hybridized carbons (Fsp3) is 0.143. The maximum absolute atomic E-state index is 12.8. The van der Waals surface area contributed by atoms with Crippen LogP contribution in [-0.2, 0) is 0 Å². The highest BCUT2D eigenvalue weighted by Gasteiger charge is 2.35. The number of hydrogen-bond donors (Lipinski definition) is 1. The quantitative estimate of drug-likeness (QED) is 0.681. The molecule has 5 nitrogen and oxygen atoms in total. The number of nitrogens with two attached hydrogens (primary N) is 1. The van der Waals surface area contributed by atoms with Crippen LogP contribution in [0.2, 0.25) is 0 Å². The van der Waals surface area contributed by atoms with Crippen LogP contribution in [0.3, 0.4) is 0 Å². The van der Waals surface area contributed by atoms with E-state index in [1.54, 1.807) is 6.07 Å². The van der Waals surface area contributed by atoms with Crippen LogP contribution in [0.25, 0.3) is 11.0 Å². The lowest BCUT2D eigenvalue weighted by molar-refractivity contribution is 0.388. The zero-order valence-electron chi connectivity index (χ0n) is 14.4. The number of rotatable bonds is 1. The molecule has 1 unspecified atom stereocenters. The van der Waals surface area contributed by atoms with Gasteiger partial charge in [0.2, 0.25) is 5.88 Å². The number of ether oxygens (including phenoxy) is 1. The number of fused-ring (bicyclic) bond motifs is 3.